The van der Waals surface area contributed by atoms with Crippen molar-refractivity contribution in [3.05, 3.63) is 0 Å². The van der Waals surface area contributed by atoms with Gasteiger partial charge in [-0.3, -0.25) is 0 Å². The van der Waals surface area contributed by atoms with Crippen LogP contribution in [0.2, 0.25) is 0 Å². The fourth-order valence-corrected chi connectivity index (χ4v) is 2.19. The van der Waals surface area contributed by atoms with Crippen LogP contribution in [0.5, 0.6) is 0 Å². The lowest BCUT2D eigenvalue weighted by Gasteiger charge is -2.32. The Bertz CT molecular complexity index is 270. The molecule has 0 unspecified atom stereocenters. The predicted molar refractivity (Wildman–Crippen MR) is 65.3 cm³/mol. The SMILES string of the molecule is N#CCCC(CCC#N)(CCC#N)CCCN. The Hall–Kier alpha value is -1.57. The maximum absolute atomic E-state index is 8.70. The van der Waals surface area contributed by atoms with Gasteiger partial charge in [0.2, 0.25) is 0 Å². The minimum atomic E-state index is -0.0411. The molecule has 0 spiro atoms. The zero-order valence-corrected chi connectivity index (χ0v) is 10.3. The van der Waals surface area contributed by atoms with Gasteiger partial charge in [-0.2, -0.15) is 15.8 Å². The fraction of sp³-hybridized carbons (Fsp3) is 0.769. The quantitative estimate of drug-likeness (QED) is 0.660. The molecule has 0 fully saturated rings. The van der Waals surface area contributed by atoms with Crippen LogP contribution in [0.1, 0.15) is 51.4 Å². The molecule has 17 heavy (non-hydrogen) atoms. The zero-order valence-electron chi connectivity index (χ0n) is 10.3. The maximum Gasteiger partial charge on any atom is 0.0621 e. The van der Waals surface area contributed by atoms with Crippen molar-refractivity contribution in [2.45, 2.75) is 51.4 Å². The van der Waals surface area contributed by atoms with Crippen LogP contribution in [-0.2, 0) is 0 Å². The molecule has 0 aromatic carbocycles. The van der Waals surface area contributed by atoms with Crippen LogP contribution >= 0.6 is 0 Å². The van der Waals surface area contributed by atoms with Crippen molar-refractivity contribution in [1.82, 2.24) is 0 Å². The predicted octanol–water partition coefficient (Wildman–Crippen LogP) is 2.62. The highest BCUT2D eigenvalue weighted by Gasteiger charge is 2.28. The molecule has 0 aromatic rings. The van der Waals surface area contributed by atoms with E-state index >= 15 is 0 Å². The van der Waals surface area contributed by atoms with Crippen LogP contribution in [0, 0.1) is 39.4 Å². The number of hydrogen-bond donors (Lipinski definition) is 1. The second-order valence-corrected chi connectivity index (χ2v) is 4.37. The van der Waals surface area contributed by atoms with Gasteiger partial charge in [0.25, 0.3) is 0 Å². The Balaban J connectivity index is 4.60. The lowest BCUT2D eigenvalue weighted by Crippen LogP contribution is -2.22. The van der Waals surface area contributed by atoms with E-state index in [0.29, 0.717) is 25.8 Å². The van der Waals surface area contributed by atoms with E-state index in [2.05, 4.69) is 18.2 Å². The number of nitrogens with two attached hydrogens (primary N) is 1. The van der Waals surface area contributed by atoms with Crippen molar-refractivity contribution in [3.8, 4) is 18.2 Å². The summed E-state index contributed by atoms with van der Waals surface area (Å²) in [5, 5.41) is 26.1. The molecule has 4 nitrogen and oxygen atoms in total. The van der Waals surface area contributed by atoms with Gasteiger partial charge in [0.1, 0.15) is 0 Å². The highest BCUT2D eigenvalue weighted by Crippen LogP contribution is 2.39. The smallest absolute Gasteiger partial charge is 0.0621 e. The summed E-state index contributed by atoms with van der Waals surface area (Å²) in [6.07, 6.45) is 5.58. The highest BCUT2D eigenvalue weighted by atomic mass is 14.5. The highest BCUT2D eigenvalue weighted by molar-refractivity contribution is 4.89. The molecule has 92 valence electrons. The van der Waals surface area contributed by atoms with E-state index in [9.17, 15) is 0 Å². The molecule has 0 aromatic heterocycles. The molecule has 4 heteroatoms. The van der Waals surface area contributed by atoms with E-state index in [0.717, 1.165) is 32.1 Å². The molecule has 0 saturated carbocycles. The molecule has 0 radical (unpaired) electrons. The first-order valence-corrected chi connectivity index (χ1v) is 6.05. The molecule has 0 amide bonds. The van der Waals surface area contributed by atoms with E-state index in [1.54, 1.807) is 0 Å². The summed E-state index contributed by atoms with van der Waals surface area (Å²) in [6, 6.07) is 6.47. The lowest BCUT2D eigenvalue weighted by atomic mass is 9.72. The van der Waals surface area contributed by atoms with Crippen LogP contribution in [0.15, 0.2) is 0 Å². The maximum atomic E-state index is 8.70. The molecule has 0 aliphatic heterocycles. The summed E-state index contributed by atoms with van der Waals surface area (Å²) < 4.78 is 0. The number of rotatable bonds is 9. The van der Waals surface area contributed by atoms with Gasteiger partial charge in [-0.25, -0.2) is 0 Å². The minimum Gasteiger partial charge on any atom is -0.330 e. The molecule has 0 heterocycles. The third kappa shape index (κ3) is 6.56. The van der Waals surface area contributed by atoms with Gasteiger partial charge in [-0.1, -0.05) is 0 Å². The summed E-state index contributed by atoms with van der Waals surface area (Å²) in [6.45, 7) is 0.618. The summed E-state index contributed by atoms with van der Waals surface area (Å²) >= 11 is 0. The Labute approximate surface area is 104 Å². The summed E-state index contributed by atoms with van der Waals surface area (Å²) in [5.74, 6) is 0. The molecule has 0 bridgehead atoms. The van der Waals surface area contributed by atoms with E-state index in [4.69, 9.17) is 21.5 Å². The Kier molecular flexibility index (Phi) is 8.75. The fourth-order valence-electron chi connectivity index (χ4n) is 2.19. The van der Waals surface area contributed by atoms with Gasteiger partial charge in [-0.05, 0) is 44.1 Å². The number of nitriles is 3. The van der Waals surface area contributed by atoms with Crippen molar-refractivity contribution in [2.75, 3.05) is 6.54 Å². The average molecular weight is 232 g/mol. The van der Waals surface area contributed by atoms with E-state index < -0.39 is 0 Å². The third-order valence-corrected chi connectivity index (χ3v) is 3.21. The molecule has 0 atom stereocenters. The lowest BCUT2D eigenvalue weighted by molar-refractivity contribution is 0.202. The average Bonchev–Trinajstić information content (AvgIpc) is 2.37. The van der Waals surface area contributed by atoms with Gasteiger partial charge in [-0.15, -0.1) is 0 Å². The van der Waals surface area contributed by atoms with Crippen molar-refractivity contribution in [2.24, 2.45) is 11.1 Å². The van der Waals surface area contributed by atoms with Crippen molar-refractivity contribution < 1.29 is 0 Å². The van der Waals surface area contributed by atoms with E-state index in [-0.39, 0.29) is 5.41 Å². The minimum absolute atomic E-state index is 0.0411. The second kappa shape index (κ2) is 9.64. The van der Waals surface area contributed by atoms with E-state index in [1.807, 2.05) is 0 Å². The van der Waals surface area contributed by atoms with Crippen LogP contribution < -0.4 is 5.73 Å². The molecule has 0 aliphatic carbocycles. The normalized spacial score (nSPS) is 10.2. The monoisotopic (exact) mass is 232 g/mol. The van der Waals surface area contributed by atoms with Crippen molar-refractivity contribution in [3.63, 3.8) is 0 Å². The first kappa shape index (κ1) is 15.4. The largest absolute Gasteiger partial charge is 0.330 e. The molecular weight excluding hydrogens is 212 g/mol. The van der Waals surface area contributed by atoms with Gasteiger partial charge < -0.3 is 5.73 Å². The Morgan fingerprint density at radius 2 is 1.18 bits per heavy atom. The van der Waals surface area contributed by atoms with Crippen LogP contribution in [0.3, 0.4) is 0 Å². The number of nitrogens with zero attached hydrogens (tertiary/aromatic N) is 3. The molecular formula is C13H20N4. The number of hydrogen-bond acceptors (Lipinski definition) is 4. The van der Waals surface area contributed by atoms with E-state index in [1.165, 1.54) is 0 Å². The Morgan fingerprint density at radius 3 is 1.47 bits per heavy atom. The molecule has 2 N–H and O–H groups in total. The first-order valence-electron chi connectivity index (χ1n) is 6.05. The van der Waals surface area contributed by atoms with Gasteiger partial charge in [0, 0.05) is 19.3 Å². The molecule has 0 saturated heterocycles. The topological polar surface area (TPSA) is 97.4 Å². The Morgan fingerprint density at radius 1 is 0.765 bits per heavy atom. The molecule has 0 rings (SSSR count). The van der Waals surface area contributed by atoms with Gasteiger partial charge in [0.15, 0.2) is 0 Å². The van der Waals surface area contributed by atoms with Gasteiger partial charge >= 0.3 is 0 Å². The van der Waals surface area contributed by atoms with Crippen LogP contribution in [0.25, 0.3) is 0 Å². The van der Waals surface area contributed by atoms with Gasteiger partial charge in [0.05, 0.1) is 18.2 Å². The summed E-state index contributed by atoms with van der Waals surface area (Å²) in [7, 11) is 0. The standard InChI is InChI=1S/C13H20N4/c14-9-1-5-13(6-2-10-15,7-3-11-16)8-4-12-17/h1-9,14H2. The summed E-state index contributed by atoms with van der Waals surface area (Å²) in [4.78, 5) is 0. The molecule has 0 aliphatic rings. The summed E-state index contributed by atoms with van der Waals surface area (Å²) in [5.41, 5.74) is 5.49. The van der Waals surface area contributed by atoms with Crippen molar-refractivity contribution >= 4 is 0 Å². The van der Waals surface area contributed by atoms with Crippen LogP contribution in [0.4, 0.5) is 0 Å². The van der Waals surface area contributed by atoms with Crippen molar-refractivity contribution in [1.29, 1.82) is 15.8 Å². The zero-order chi connectivity index (χ0) is 13.0. The second-order valence-electron chi connectivity index (χ2n) is 4.37. The van der Waals surface area contributed by atoms with Crippen LogP contribution in [-0.4, -0.2) is 6.54 Å². The third-order valence-electron chi connectivity index (χ3n) is 3.21. The first-order chi connectivity index (χ1) is 8.24.